The van der Waals surface area contributed by atoms with E-state index >= 15 is 0 Å². The Morgan fingerprint density at radius 1 is 1.25 bits per heavy atom. The Balaban J connectivity index is 0.00000392. The van der Waals surface area contributed by atoms with E-state index in [2.05, 4.69) is 15.6 Å². The summed E-state index contributed by atoms with van der Waals surface area (Å²) in [5, 5.41) is 6.33. The highest BCUT2D eigenvalue weighted by atomic mass is 127. The second-order valence-electron chi connectivity index (χ2n) is 6.47. The van der Waals surface area contributed by atoms with Gasteiger partial charge in [-0.2, -0.15) is 13.2 Å². The van der Waals surface area contributed by atoms with E-state index < -0.39 is 11.7 Å². The van der Waals surface area contributed by atoms with Crippen molar-refractivity contribution in [2.45, 2.75) is 32.5 Å². The summed E-state index contributed by atoms with van der Waals surface area (Å²) in [6.07, 6.45) is -2.40. The Kier molecular flexibility index (Phi) is 11.8. The molecule has 1 fully saturated rings. The Hall–Kier alpha value is -1.07. The van der Waals surface area contributed by atoms with Crippen LogP contribution in [-0.2, 0) is 22.2 Å². The molecule has 0 saturated carbocycles. The Morgan fingerprint density at radius 2 is 2.00 bits per heavy atom. The van der Waals surface area contributed by atoms with Crippen LogP contribution in [0, 0.1) is 5.92 Å². The van der Waals surface area contributed by atoms with Gasteiger partial charge in [-0.15, -0.1) is 24.0 Å². The molecule has 2 N–H and O–H groups in total. The molecule has 0 spiro atoms. The van der Waals surface area contributed by atoms with Crippen molar-refractivity contribution in [3.8, 4) is 0 Å². The summed E-state index contributed by atoms with van der Waals surface area (Å²) >= 11 is 0. The maximum atomic E-state index is 12.6. The topological polar surface area (TPSA) is 54.9 Å². The second kappa shape index (κ2) is 13.2. The van der Waals surface area contributed by atoms with Gasteiger partial charge in [-0.05, 0) is 37.5 Å². The molecule has 1 aromatic rings. The lowest BCUT2D eigenvalue weighted by Gasteiger charge is -2.12. The van der Waals surface area contributed by atoms with E-state index in [-0.39, 0.29) is 24.0 Å². The van der Waals surface area contributed by atoms with E-state index in [0.29, 0.717) is 38.1 Å². The van der Waals surface area contributed by atoms with Gasteiger partial charge in [0.05, 0.1) is 25.3 Å². The van der Waals surface area contributed by atoms with Crippen LogP contribution in [0.1, 0.15) is 30.9 Å². The fourth-order valence-electron chi connectivity index (χ4n) is 2.66. The molecule has 1 atom stereocenters. The normalized spacial score (nSPS) is 17.3. The molecule has 160 valence electrons. The zero-order valence-corrected chi connectivity index (χ0v) is 18.4. The average molecular weight is 515 g/mol. The molecule has 0 aromatic heterocycles. The second-order valence-corrected chi connectivity index (χ2v) is 6.47. The predicted molar refractivity (Wildman–Crippen MR) is 114 cm³/mol. The number of alkyl halides is 3. The number of aliphatic imine (C=N–C) groups is 1. The molecule has 1 aromatic carbocycles. The Morgan fingerprint density at radius 3 is 2.61 bits per heavy atom. The van der Waals surface area contributed by atoms with E-state index in [1.165, 1.54) is 12.1 Å². The quantitative estimate of drug-likeness (QED) is 0.227. The monoisotopic (exact) mass is 515 g/mol. The molecule has 1 saturated heterocycles. The predicted octanol–water partition coefficient (Wildman–Crippen LogP) is 3.82. The van der Waals surface area contributed by atoms with Gasteiger partial charge in [-0.1, -0.05) is 12.1 Å². The van der Waals surface area contributed by atoms with Gasteiger partial charge < -0.3 is 20.1 Å². The molecule has 1 aliphatic heterocycles. The van der Waals surface area contributed by atoms with Crippen LogP contribution in [0.15, 0.2) is 29.3 Å². The third-order valence-electron chi connectivity index (χ3n) is 4.18. The molecule has 5 nitrogen and oxygen atoms in total. The molecule has 0 radical (unpaired) electrons. The lowest BCUT2D eigenvalue weighted by atomic mass is 10.1. The van der Waals surface area contributed by atoms with E-state index in [4.69, 9.17) is 9.47 Å². The minimum Gasteiger partial charge on any atom is -0.381 e. The van der Waals surface area contributed by atoms with Crippen molar-refractivity contribution in [3.63, 3.8) is 0 Å². The fraction of sp³-hybridized carbons (Fsp3) is 0.632. The SMILES string of the molecule is CCNC(=NCc1ccc(C(F)(F)F)cc1)NCCCOCC1CCOC1.I. The first kappa shape index (κ1) is 25.0. The third-order valence-corrected chi connectivity index (χ3v) is 4.18. The number of guanidine groups is 1. The minimum absolute atomic E-state index is 0. The summed E-state index contributed by atoms with van der Waals surface area (Å²) in [7, 11) is 0. The maximum Gasteiger partial charge on any atom is 0.416 e. The summed E-state index contributed by atoms with van der Waals surface area (Å²) in [5.74, 6) is 1.15. The van der Waals surface area contributed by atoms with Crippen molar-refractivity contribution in [2.24, 2.45) is 10.9 Å². The van der Waals surface area contributed by atoms with Gasteiger partial charge in [-0.3, -0.25) is 0 Å². The first-order chi connectivity index (χ1) is 13.0. The lowest BCUT2D eigenvalue weighted by molar-refractivity contribution is -0.137. The zero-order valence-electron chi connectivity index (χ0n) is 16.1. The first-order valence-corrected chi connectivity index (χ1v) is 9.33. The maximum absolute atomic E-state index is 12.6. The molecule has 1 unspecified atom stereocenters. The fourth-order valence-corrected chi connectivity index (χ4v) is 2.66. The summed E-state index contributed by atoms with van der Waals surface area (Å²) in [5.41, 5.74) is 0.0757. The number of nitrogens with zero attached hydrogens (tertiary/aromatic N) is 1. The van der Waals surface area contributed by atoms with Gasteiger partial charge in [0.1, 0.15) is 0 Å². The van der Waals surface area contributed by atoms with Gasteiger partial charge in [0.2, 0.25) is 0 Å². The van der Waals surface area contributed by atoms with Crippen molar-refractivity contribution in [2.75, 3.05) is 39.5 Å². The van der Waals surface area contributed by atoms with E-state index in [1.807, 2.05) is 6.92 Å². The van der Waals surface area contributed by atoms with Gasteiger partial charge in [0.15, 0.2) is 5.96 Å². The van der Waals surface area contributed by atoms with Gasteiger partial charge in [0, 0.05) is 32.2 Å². The van der Waals surface area contributed by atoms with Crippen molar-refractivity contribution >= 4 is 29.9 Å². The molecule has 0 amide bonds. The summed E-state index contributed by atoms with van der Waals surface area (Å²) in [4.78, 5) is 4.41. The molecule has 1 aliphatic rings. The number of hydrogen-bond donors (Lipinski definition) is 2. The van der Waals surface area contributed by atoms with Gasteiger partial charge in [0.25, 0.3) is 0 Å². The van der Waals surface area contributed by atoms with Crippen LogP contribution in [0.3, 0.4) is 0 Å². The molecule has 28 heavy (non-hydrogen) atoms. The highest BCUT2D eigenvalue weighted by Gasteiger charge is 2.29. The molecule has 0 bridgehead atoms. The number of nitrogens with one attached hydrogen (secondary N) is 2. The van der Waals surface area contributed by atoms with E-state index in [0.717, 1.165) is 50.4 Å². The molecular weight excluding hydrogens is 486 g/mol. The van der Waals surface area contributed by atoms with Crippen LogP contribution in [0.5, 0.6) is 0 Å². The largest absolute Gasteiger partial charge is 0.416 e. The van der Waals surface area contributed by atoms with E-state index in [9.17, 15) is 13.2 Å². The standard InChI is InChI=1S/C19H28F3N3O2.HI/c1-2-23-18(24-9-3-10-26-13-16-8-11-27-14-16)25-12-15-4-6-17(7-5-15)19(20,21)22;/h4-7,16H,2-3,8-14H2,1H3,(H2,23,24,25);1H. The highest BCUT2D eigenvalue weighted by molar-refractivity contribution is 14.0. The minimum atomic E-state index is -4.31. The number of hydrogen-bond acceptors (Lipinski definition) is 3. The van der Waals surface area contributed by atoms with Crippen LogP contribution in [0.4, 0.5) is 13.2 Å². The number of rotatable bonds is 9. The van der Waals surface area contributed by atoms with Crippen LogP contribution in [-0.4, -0.2) is 45.5 Å². The smallest absolute Gasteiger partial charge is 0.381 e. The van der Waals surface area contributed by atoms with Crippen LogP contribution in [0.2, 0.25) is 0 Å². The third kappa shape index (κ3) is 9.42. The van der Waals surface area contributed by atoms with Crippen LogP contribution >= 0.6 is 24.0 Å². The zero-order chi connectivity index (χ0) is 19.5. The van der Waals surface area contributed by atoms with Crippen LogP contribution < -0.4 is 10.6 Å². The number of ether oxygens (including phenoxy) is 2. The molecular formula is C19H29F3IN3O2. The van der Waals surface area contributed by atoms with E-state index in [1.54, 1.807) is 0 Å². The van der Waals surface area contributed by atoms with Crippen molar-refractivity contribution < 1.29 is 22.6 Å². The van der Waals surface area contributed by atoms with Crippen molar-refractivity contribution in [3.05, 3.63) is 35.4 Å². The summed E-state index contributed by atoms with van der Waals surface area (Å²) < 4.78 is 48.7. The number of benzene rings is 1. The Labute approximate surface area is 181 Å². The molecule has 1 heterocycles. The van der Waals surface area contributed by atoms with Crippen molar-refractivity contribution in [1.29, 1.82) is 0 Å². The first-order valence-electron chi connectivity index (χ1n) is 9.33. The molecule has 0 aliphatic carbocycles. The van der Waals surface area contributed by atoms with Crippen LogP contribution in [0.25, 0.3) is 0 Å². The molecule has 2 rings (SSSR count). The van der Waals surface area contributed by atoms with Crippen molar-refractivity contribution in [1.82, 2.24) is 10.6 Å². The Bertz CT molecular complexity index is 577. The summed E-state index contributed by atoms with van der Waals surface area (Å²) in [6, 6.07) is 5.07. The lowest BCUT2D eigenvalue weighted by Crippen LogP contribution is -2.38. The van der Waals surface area contributed by atoms with Gasteiger partial charge in [-0.25, -0.2) is 4.99 Å². The van der Waals surface area contributed by atoms with Gasteiger partial charge >= 0.3 is 6.18 Å². The molecule has 9 heteroatoms. The highest BCUT2D eigenvalue weighted by Crippen LogP contribution is 2.29. The average Bonchev–Trinajstić information content (AvgIpc) is 3.15. The summed E-state index contributed by atoms with van der Waals surface area (Å²) in [6.45, 7) is 6.71. The number of halogens is 4.